The van der Waals surface area contributed by atoms with Crippen LogP contribution >= 0.6 is 11.8 Å². The van der Waals surface area contributed by atoms with Crippen LogP contribution in [0.2, 0.25) is 0 Å². The Morgan fingerprint density at radius 3 is 2.59 bits per heavy atom. The molecule has 0 radical (unpaired) electrons. The second-order valence-corrected chi connectivity index (χ2v) is 8.60. The van der Waals surface area contributed by atoms with Gasteiger partial charge in [0.1, 0.15) is 5.75 Å². The molecule has 2 aromatic rings. The predicted molar refractivity (Wildman–Crippen MR) is 112 cm³/mol. The molecule has 1 aromatic heterocycles. The topological polar surface area (TPSA) is 85.2 Å². The average molecular weight is 417 g/mol. The highest BCUT2D eigenvalue weighted by atomic mass is 32.2. The number of methoxy groups -OCH3 is 1. The van der Waals surface area contributed by atoms with Crippen LogP contribution in [0, 0.1) is 0 Å². The first-order valence-corrected chi connectivity index (χ1v) is 11.3. The van der Waals surface area contributed by atoms with Crippen LogP contribution in [0.4, 0.5) is 5.69 Å². The third-order valence-corrected chi connectivity index (χ3v) is 6.70. The molecule has 9 heteroatoms. The number of benzene rings is 1. The number of hydrogen-bond donors (Lipinski definition) is 1. The molecule has 1 aliphatic heterocycles. The van der Waals surface area contributed by atoms with Gasteiger partial charge >= 0.3 is 0 Å². The molecule has 0 atom stereocenters. The van der Waals surface area contributed by atoms with Crippen LogP contribution < -0.4 is 15.0 Å². The molecule has 0 spiro atoms. The van der Waals surface area contributed by atoms with Crippen molar-refractivity contribution in [3.63, 3.8) is 0 Å². The zero-order valence-corrected chi connectivity index (χ0v) is 17.6. The molecule has 2 heterocycles. The van der Waals surface area contributed by atoms with E-state index in [-0.39, 0.29) is 11.9 Å². The molecule has 1 aliphatic carbocycles. The summed E-state index contributed by atoms with van der Waals surface area (Å²) in [6, 6.07) is 8.76. The van der Waals surface area contributed by atoms with E-state index in [0.29, 0.717) is 11.8 Å². The van der Waals surface area contributed by atoms with Crippen molar-refractivity contribution in [2.45, 2.75) is 55.8 Å². The number of hydrogen-bond acceptors (Lipinski definition) is 7. The standard InChI is InChI=1S/C20H28N6O2S/c1-28-18-8-6-16(7-9-18)25-12-10-15(11-13-25)21-19(27)14-29-20-22-23-24-26(20)17-4-2-3-5-17/h6-9,15,17H,2-5,10-14H2,1H3,(H,21,27). The maximum Gasteiger partial charge on any atom is 0.230 e. The molecule has 1 N–H and O–H groups in total. The fourth-order valence-electron chi connectivity index (χ4n) is 4.13. The average Bonchev–Trinajstić information content (AvgIpc) is 3.44. The van der Waals surface area contributed by atoms with Crippen molar-refractivity contribution in [2.75, 3.05) is 30.9 Å². The van der Waals surface area contributed by atoms with Gasteiger partial charge in [-0.1, -0.05) is 24.6 Å². The number of carbonyl (C=O) groups excluding carboxylic acids is 1. The van der Waals surface area contributed by atoms with E-state index in [1.807, 2.05) is 16.8 Å². The summed E-state index contributed by atoms with van der Waals surface area (Å²) in [5.74, 6) is 1.28. The smallest absolute Gasteiger partial charge is 0.230 e. The molecule has 29 heavy (non-hydrogen) atoms. The molecule has 156 valence electrons. The number of anilines is 1. The molecule has 4 rings (SSSR count). The van der Waals surface area contributed by atoms with Gasteiger partial charge in [0.25, 0.3) is 0 Å². The van der Waals surface area contributed by atoms with Crippen molar-refractivity contribution in [1.82, 2.24) is 25.5 Å². The van der Waals surface area contributed by atoms with Gasteiger partial charge in [-0.05, 0) is 60.4 Å². The highest BCUT2D eigenvalue weighted by Crippen LogP contribution is 2.31. The predicted octanol–water partition coefficient (Wildman–Crippen LogP) is 2.67. The molecular formula is C20H28N6O2S. The number of aromatic nitrogens is 4. The normalized spacial score (nSPS) is 18.2. The minimum Gasteiger partial charge on any atom is -0.497 e. The molecule has 1 saturated carbocycles. The second kappa shape index (κ2) is 9.47. The van der Waals surface area contributed by atoms with Crippen molar-refractivity contribution < 1.29 is 9.53 Å². The van der Waals surface area contributed by atoms with Crippen molar-refractivity contribution in [3.8, 4) is 5.75 Å². The maximum absolute atomic E-state index is 12.4. The van der Waals surface area contributed by atoms with Crippen molar-refractivity contribution in [2.24, 2.45) is 0 Å². The van der Waals surface area contributed by atoms with Crippen LogP contribution in [0.5, 0.6) is 5.75 Å². The van der Waals surface area contributed by atoms with Crippen molar-refractivity contribution >= 4 is 23.4 Å². The lowest BCUT2D eigenvalue weighted by Crippen LogP contribution is -2.45. The lowest BCUT2D eigenvalue weighted by Gasteiger charge is -2.34. The highest BCUT2D eigenvalue weighted by Gasteiger charge is 2.24. The van der Waals surface area contributed by atoms with Gasteiger partial charge in [-0.15, -0.1) is 5.10 Å². The van der Waals surface area contributed by atoms with E-state index in [1.165, 1.54) is 30.3 Å². The van der Waals surface area contributed by atoms with E-state index in [9.17, 15) is 4.79 Å². The summed E-state index contributed by atoms with van der Waals surface area (Å²) in [6.07, 6.45) is 6.59. The number of amides is 1. The lowest BCUT2D eigenvalue weighted by molar-refractivity contribution is -0.119. The first-order valence-electron chi connectivity index (χ1n) is 10.3. The summed E-state index contributed by atoms with van der Waals surface area (Å²) in [7, 11) is 1.68. The fraction of sp³-hybridized carbons (Fsp3) is 0.600. The third-order valence-electron chi connectivity index (χ3n) is 5.76. The van der Waals surface area contributed by atoms with Crippen LogP contribution in [-0.4, -0.2) is 58.1 Å². The van der Waals surface area contributed by atoms with E-state index in [0.717, 1.165) is 49.7 Å². The minimum atomic E-state index is 0.0545. The zero-order valence-electron chi connectivity index (χ0n) is 16.8. The van der Waals surface area contributed by atoms with Gasteiger partial charge in [-0.3, -0.25) is 4.79 Å². The van der Waals surface area contributed by atoms with Crippen LogP contribution in [0.25, 0.3) is 0 Å². The van der Waals surface area contributed by atoms with Crippen molar-refractivity contribution in [1.29, 1.82) is 0 Å². The van der Waals surface area contributed by atoms with Gasteiger partial charge < -0.3 is 15.0 Å². The van der Waals surface area contributed by atoms with E-state index < -0.39 is 0 Å². The Bertz CT molecular complexity index is 798. The van der Waals surface area contributed by atoms with Crippen LogP contribution in [0.1, 0.15) is 44.6 Å². The molecular weight excluding hydrogens is 388 g/mol. The van der Waals surface area contributed by atoms with Gasteiger partial charge in [0.15, 0.2) is 0 Å². The number of piperidine rings is 1. The number of tetrazole rings is 1. The molecule has 0 bridgehead atoms. The number of carbonyl (C=O) groups is 1. The van der Waals surface area contributed by atoms with Crippen molar-refractivity contribution in [3.05, 3.63) is 24.3 Å². The molecule has 2 aliphatic rings. The van der Waals surface area contributed by atoms with Crippen LogP contribution in [0.3, 0.4) is 0 Å². The van der Waals surface area contributed by atoms with E-state index >= 15 is 0 Å². The maximum atomic E-state index is 12.4. The number of thioether (sulfide) groups is 1. The fourth-order valence-corrected chi connectivity index (χ4v) is 4.89. The molecule has 1 aromatic carbocycles. The Kier molecular flexibility index (Phi) is 6.53. The summed E-state index contributed by atoms with van der Waals surface area (Å²) < 4.78 is 7.12. The monoisotopic (exact) mass is 416 g/mol. The van der Waals surface area contributed by atoms with Gasteiger partial charge in [0.05, 0.1) is 18.9 Å². The number of nitrogens with zero attached hydrogens (tertiary/aromatic N) is 5. The van der Waals surface area contributed by atoms with E-state index in [1.54, 1.807) is 7.11 Å². The van der Waals surface area contributed by atoms with E-state index in [4.69, 9.17) is 4.74 Å². The first kappa shape index (κ1) is 20.0. The molecule has 2 fully saturated rings. The Morgan fingerprint density at radius 2 is 1.90 bits per heavy atom. The number of ether oxygens (including phenoxy) is 1. The van der Waals surface area contributed by atoms with Crippen LogP contribution in [-0.2, 0) is 4.79 Å². The van der Waals surface area contributed by atoms with E-state index in [2.05, 4.69) is 37.9 Å². The third kappa shape index (κ3) is 5.01. The summed E-state index contributed by atoms with van der Waals surface area (Å²) in [4.78, 5) is 14.8. The summed E-state index contributed by atoms with van der Waals surface area (Å²) in [6.45, 7) is 1.87. The van der Waals surface area contributed by atoms with Gasteiger partial charge in [-0.25, -0.2) is 4.68 Å². The number of rotatable bonds is 7. The Balaban J connectivity index is 1.21. The van der Waals surface area contributed by atoms with Gasteiger partial charge in [-0.2, -0.15) is 0 Å². The second-order valence-electron chi connectivity index (χ2n) is 7.66. The number of nitrogens with one attached hydrogen (secondary N) is 1. The summed E-state index contributed by atoms with van der Waals surface area (Å²) >= 11 is 1.43. The minimum absolute atomic E-state index is 0.0545. The molecule has 0 unspecified atom stereocenters. The largest absolute Gasteiger partial charge is 0.497 e. The first-order chi connectivity index (χ1) is 14.2. The SMILES string of the molecule is COc1ccc(N2CCC(NC(=O)CSc3nnnn3C3CCCC3)CC2)cc1. The summed E-state index contributed by atoms with van der Waals surface area (Å²) in [5, 5.41) is 16.0. The van der Waals surface area contributed by atoms with Gasteiger partial charge in [0.2, 0.25) is 11.1 Å². The Hall–Kier alpha value is -2.29. The summed E-state index contributed by atoms with van der Waals surface area (Å²) in [5.41, 5.74) is 1.20. The quantitative estimate of drug-likeness (QED) is 0.695. The van der Waals surface area contributed by atoms with Crippen LogP contribution in [0.15, 0.2) is 29.4 Å². The highest BCUT2D eigenvalue weighted by molar-refractivity contribution is 7.99. The molecule has 1 amide bonds. The lowest BCUT2D eigenvalue weighted by atomic mass is 10.0. The Morgan fingerprint density at radius 1 is 1.17 bits per heavy atom. The molecule has 1 saturated heterocycles. The zero-order chi connectivity index (χ0) is 20.1. The molecule has 8 nitrogen and oxygen atoms in total. The van der Waals surface area contributed by atoms with Gasteiger partial charge in [0, 0.05) is 24.8 Å². The Labute approximate surface area is 175 Å².